The summed E-state index contributed by atoms with van der Waals surface area (Å²) in [4.78, 5) is 16.1. The van der Waals surface area contributed by atoms with Crippen LogP contribution in [0.1, 0.15) is 6.92 Å². The maximum atomic E-state index is 12.0. The van der Waals surface area contributed by atoms with Gasteiger partial charge in [0.1, 0.15) is 0 Å². The zero-order valence-corrected chi connectivity index (χ0v) is 15.8. The summed E-state index contributed by atoms with van der Waals surface area (Å²) in [5, 5.41) is 19.2. The van der Waals surface area contributed by atoms with Gasteiger partial charge in [0.2, 0.25) is 5.96 Å². The van der Waals surface area contributed by atoms with E-state index < -0.39 is 0 Å². The second-order valence-corrected chi connectivity index (χ2v) is 6.60. The summed E-state index contributed by atoms with van der Waals surface area (Å²) in [6, 6.07) is 10.5. The molecule has 0 aliphatic carbocycles. The van der Waals surface area contributed by atoms with E-state index >= 15 is 0 Å². The van der Waals surface area contributed by atoms with Crippen LogP contribution < -0.4 is 16.2 Å². The highest BCUT2D eigenvalue weighted by Gasteiger charge is 2.04. The summed E-state index contributed by atoms with van der Waals surface area (Å²) in [5.41, 5.74) is 1.47. The zero-order chi connectivity index (χ0) is 18.8. The van der Waals surface area contributed by atoms with E-state index in [1.807, 2.05) is 25.2 Å². The highest BCUT2D eigenvalue weighted by molar-refractivity contribution is 7.98. The number of aromatic nitrogens is 2. The molecule has 2 N–H and O–H groups in total. The number of benzene rings is 1. The molecule has 0 aliphatic rings. The number of halogens is 1. The molecule has 0 radical (unpaired) electrons. The summed E-state index contributed by atoms with van der Waals surface area (Å²) in [6.45, 7) is 3.09. The van der Waals surface area contributed by atoms with Crippen molar-refractivity contribution >= 4 is 29.3 Å². The number of aliphatic imine (C=N–C) groups is 1. The van der Waals surface area contributed by atoms with Crippen LogP contribution in [0.25, 0.3) is 11.3 Å². The standard InChI is InChI=1S/C17H19ClN6OS/c1-2-20-17(22-11-19)21-9-10-26-12-24-16(25)8-7-15(23-24)13-3-5-14(18)6-4-13/h3-8H,2,9-10,12H2,1H3,(H2,20,21,22). The molecule has 0 saturated carbocycles. The minimum absolute atomic E-state index is 0.150. The summed E-state index contributed by atoms with van der Waals surface area (Å²) in [5.74, 6) is 1.62. The third-order valence-electron chi connectivity index (χ3n) is 3.25. The average Bonchev–Trinajstić information content (AvgIpc) is 2.64. The predicted octanol–water partition coefficient (Wildman–Crippen LogP) is 2.29. The number of nitriles is 1. The Morgan fingerprint density at radius 3 is 2.81 bits per heavy atom. The quantitative estimate of drug-likeness (QED) is 0.247. The van der Waals surface area contributed by atoms with Crippen molar-refractivity contribution in [3.8, 4) is 17.5 Å². The average molecular weight is 391 g/mol. The molecule has 26 heavy (non-hydrogen) atoms. The molecule has 1 aromatic carbocycles. The second kappa shape index (κ2) is 10.5. The first-order valence-electron chi connectivity index (χ1n) is 7.99. The van der Waals surface area contributed by atoms with Crippen LogP contribution in [0.15, 0.2) is 46.2 Å². The van der Waals surface area contributed by atoms with Crippen LogP contribution in [0.2, 0.25) is 5.02 Å². The molecule has 0 atom stereocenters. The third kappa shape index (κ3) is 6.10. The molecule has 0 spiro atoms. The molecule has 0 aliphatic heterocycles. The molecular weight excluding hydrogens is 372 g/mol. The van der Waals surface area contributed by atoms with Gasteiger partial charge in [0.25, 0.3) is 5.56 Å². The molecule has 2 rings (SSSR count). The number of rotatable bonds is 7. The minimum atomic E-state index is -0.150. The first-order valence-corrected chi connectivity index (χ1v) is 9.52. The molecule has 0 amide bonds. The van der Waals surface area contributed by atoms with Gasteiger partial charge in [0.15, 0.2) is 6.19 Å². The van der Waals surface area contributed by atoms with E-state index in [1.165, 1.54) is 10.7 Å². The Bertz CT molecular complexity index is 844. The van der Waals surface area contributed by atoms with E-state index in [0.717, 1.165) is 17.0 Å². The SMILES string of the molecule is CC/N=C(\NC#N)NCCSCn1nc(-c2ccc(Cl)cc2)ccc1=O. The number of guanidine groups is 1. The van der Waals surface area contributed by atoms with Crippen molar-refractivity contribution in [2.24, 2.45) is 4.99 Å². The van der Waals surface area contributed by atoms with Crippen LogP contribution in [0, 0.1) is 11.5 Å². The fourth-order valence-corrected chi connectivity index (χ4v) is 2.92. The summed E-state index contributed by atoms with van der Waals surface area (Å²) in [7, 11) is 0. The van der Waals surface area contributed by atoms with Crippen LogP contribution in [0.4, 0.5) is 0 Å². The minimum Gasteiger partial charge on any atom is -0.355 e. The van der Waals surface area contributed by atoms with Crippen LogP contribution >= 0.6 is 23.4 Å². The smallest absolute Gasteiger partial charge is 0.267 e. The Morgan fingerprint density at radius 2 is 2.12 bits per heavy atom. The number of hydrogen-bond donors (Lipinski definition) is 2. The van der Waals surface area contributed by atoms with E-state index in [0.29, 0.717) is 29.9 Å². The lowest BCUT2D eigenvalue weighted by molar-refractivity contribution is 0.697. The first-order chi connectivity index (χ1) is 12.6. The first kappa shape index (κ1) is 19.8. The fraction of sp³-hybridized carbons (Fsp3) is 0.294. The summed E-state index contributed by atoms with van der Waals surface area (Å²) < 4.78 is 1.43. The molecule has 2 aromatic rings. The van der Waals surface area contributed by atoms with E-state index in [2.05, 4.69) is 20.7 Å². The van der Waals surface area contributed by atoms with Gasteiger partial charge in [0.05, 0.1) is 11.6 Å². The van der Waals surface area contributed by atoms with E-state index in [9.17, 15) is 4.79 Å². The van der Waals surface area contributed by atoms with Crippen molar-refractivity contribution in [1.29, 1.82) is 5.26 Å². The normalized spacial score (nSPS) is 11.0. The molecule has 1 aromatic heterocycles. The molecule has 0 unspecified atom stereocenters. The molecule has 1 heterocycles. The molecule has 0 bridgehead atoms. The van der Waals surface area contributed by atoms with Gasteiger partial charge >= 0.3 is 0 Å². The van der Waals surface area contributed by atoms with Crippen molar-refractivity contribution in [2.45, 2.75) is 12.8 Å². The number of nitrogens with one attached hydrogen (secondary N) is 2. The van der Waals surface area contributed by atoms with Gasteiger partial charge in [-0.05, 0) is 25.1 Å². The number of hydrogen-bond acceptors (Lipinski definition) is 5. The van der Waals surface area contributed by atoms with Gasteiger partial charge in [-0.3, -0.25) is 15.1 Å². The lowest BCUT2D eigenvalue weighted by atomic mass is 10.1. The van der Waals surface area contributed by atoms with Crippen molar-refractivity contribution < 1.29 is 0 Å². The Hall–Kier alpha value is -2.50. The Balaban J connectivity index is 1.90. The third-order valence-corrected chi connectivity index (χ3v) is 4.42. The topological polar surface area (TPSA) is 95.1 Å². The zero-order valence-electron chi connectivity index (χ0n) is 14.3. The summed E-state index contributed by atoms with van der Waals surface area (Å²) >= 11 is 7.46. The highest BCUT2D eigenvalue weighted by atomic mass is 35.5. The lowest BCUT2D eigenvalue weighted by Crippen LogP contribution is -2.36. The van der Waals surface area contributed by atoms with Crippen LogP contribution in [0.3, 0.4) is 0 Å². The largest absolute Gasteiger partial charge is 0.355 e. The summed E-state index contributed by atoms with van der Waals surface area (Å²) in [6.07, 6.45) is 1.84. The van der Waals surface area contributed by atoms with Gasteiger partial charge in [-0.1, -0.05) is 23.7 Å². The van der Waals surface area contributed by atoms with Crippen LogP contribution in [0.5, 0.6) is 0 Å². The van der Waals surface area contributed by atoms with E-state index in [-0.39, 0.29) is 5.56 Å². The van der Waals surface area contributed by atoms with Crippen LogP contribution in [-0.2, 0) is 5.88 Å². The van der Waals surface area contributed by atoms with Crippen molar-refractivity contribution in [2.75, 3.05) is 18.8 Å². The van der Waals surface area contributed by atoms with Gasteiger partial charge in [-0.15, -0.1) is 11.8 Å². The molecule has 9 heteroatoms. The van der Waals surface area contributed by atoms with Gasteiger partial charge in [-0.25, -0.2) is 4.68 Å². The number of thioether (sulfide) groups is 1. The van der Waals surface area contributed by atoms with E-state index in [1.54, 1.807) is 30.0 Å². The van der Waals surface area contributed by atoms with Crippen molar-refractivity contribution in [1.82, 2.24) is 20.4 Å². The second-order valence-electron chi connectivity index (χ2n) is 5.09. The van der Waals surface area contributed by atoms with Crippen molar-refractivity contribution in [3.63, 3.8) is 0 Å². The van der Waals surface area contributed by atoms with E-state index in [4.69, 9.17) is 16.9 Å². The Labute approximate surface area is 161 Å². The van der Waals surface area contributed by atoms with Crippen LogP contribution in [-0.4, -0.2) is 34.6 Å². The number of nitrogens with zero attached hydrogens (tertiary/aromatic N) is 4. The molecule has 0 saturated heterocycles. The predicted molar refractivity (Wildman–Crippen MR) is 106 cm³/mol. The molecule has 7 nitrogen and oxygen atoms in total. The van der Waals surface area contributed by atoms with Crippen molar-refractivity contribution in [3.05, 3.63) is 51.8 Å². The fourth-order valence-electron chi connectivity index (χ4n) is 2.06. The highest BCUT2D eigenvalue weighted by Crippen LogP contribution is 2.18. The Kier molecular flexibility index (Phi) is 7.99. The molecule has 0 fully saturated rings. The van der Waals surface area contributed by atoms with Gasteiger partial charge < -0.3 is 5.32 Å². The monoisotopic (exact) mass is 390 g/mol. The maximum Gasteiger partial charge on any atom is 0.267 e. The Morgan fingerprint density at radius 1 is 1.35 bits per heavy atom. The van der Waals surface area contributed by atoms with Gasteiger partial charge in [0, 0.05) is 35.5 Å². The van der Waals surface area contributed by atoms with Gasteiger partial charge in [-0.2, -0.15) is 10.4 Å². The molecular formula is C17H19ClN6OS. The maximum absolute atomic E-state index is 12.0. The molecule has 136 valence electrons. The lowest BCUT2D eigenvalue weighted by Gasteiger charge is -2.09.